The van der Waals surface area contributed by atoms with Gasteiger partial charge in [-0.25, -0.2) is 9.59 Å². The van der Waals surface area contributed by atoms with Crippen LogP contribution < -0.4 is 9.80 Å². The van der Waals surface area contributed by atoms with Gasteiger partial charge in [-0.15, -0.1) is 6.42 Å². The average molecular weight is 421 g/mol. The van der Waals surface area contributed by atoms with Crippen molar-refractivity contribution in [3.8, 4) is 12.3 Å². The Balaban J connectivity index is 2.12. The molecular weight excluding hydrogens is 392 g/mol. The third-order valence-electron chi connectivity index (χ3n) is 4.29. The summed E-state index contributed by atoms with van der Waals surface area (Å²) in [5.74, 6) is 2.49. The summed E-state index contributed by atoms with van der Waals surface area (Å²) < 4.78 is 5.43. The molecule has 6 heteroatoms. The molecule has 0 fully saturated rings. The fourth-order valence-electron chi connectivity index (χ4n) is 2.82. The smallest absolute Gasteiger partial charge is 0.415 e. The fourth-order valence-corrected chi connectivity index (χ4v) is 2.82. The van der Waals surface area contributed by atoms with Crippen LogP contribution in [0.15, 0.2) is 48.5 Å². The van der Waals surface area contributed by atoms with Crippen LogP contribution in [-0.2, 0) is 4.74 Å². The number of carbonyl (C=O) groups is 2. The normalized spacial score (nSPS) is 11.1. The van der Waals surface area contributed by atoms with E-state index in [2.05, 4.69) is 5.92 Å². The van der Waals surface area contributed by atoms with Gasteiger partial charge >= 0.3 is 12.2 Å². The van der Waals surface area contributed by atoms with Crippen molar-refractivity contribution in [1.82, 2.24) is 0 Å². The third-order valence-corrected chi connectivity index (χ3v) is 4.29. The van der Waals surface area contributed by atoms with E-state index in [9.17, 15) is 14.7 Å². The van der Waals surface area contributed by atoms with E-state index < -0.39 is 17.8 Å². The molecule has 0 saturated heterocycles. The predicted octanol–water partition coefficient (Wildman–Crippen LogP) is 5.74. The van der Waals surface area contributed by atoms with E-state index in [-0.39, 0.29) is 6.54 Å². The van der Waals surface area contributed by atoms with E-state index in [1.807, 2.05) is 48.6 Å². The molecule has 0 aliphatic rings. The molecule has 0 aromatic heterocycles. The van der Waals surface area contributed by atoms with Crippen LogP contribution in [0, 0.1) is 12.3 Å². The van der Waals surface area contributed by atoms with Crippen molar-refractivity contribution in [3.63, 3.8) is 0 Å². The minimum Gasteiger partial charge on any atom is -0.465 e. The van der Waals surface area contributed by atoms with E-state index in [0.717, 1.165) is 11.1 Å². The predicted molar refractivity (Wildman–Crippen MR) is 125 cm³/mol. The highest BCUT2D eigenvalue weighted by Crippen LogP contribution is 2.21. The van der Waals surface area contributed by atoms with E-state index >= 15 is 0 Å². The van der Waals surface area contributed by atoms with Gasteiger partial charge in [-0.2, -0.15) is 0 Å². The Hall–Kier alpha value is -3.72. The monoisotopic (exact) mass is 420 g/mol. The van der Waals surface area contributed by atoms with E-state index in [0.29, 0.717) is 17.9 Å². The first kappa shape index (κ1) is 23.6. The van der Waals surface area contributed by atoms with Gasteiger partial charge in [0, 0.05) is 17.9 Å². The SMILES string of the molecule is C#CCN(C(=O)OC(C)(C)C)c1ccc(C=Cc2ccc(N(CC)C(=O)O)cc2)cc1. The van der Waals surface area contributed by atoms with Gasteiger partial charge in [0.25, 0.3) is 0 Å². The van der Waals surface area contributed by atoms with Crippen molar-refractivity contribution < 1.29 is 19.4 Å². The Morgan fingerprint density at radius 3 is 1.77 bits per heavy atom. The van der Waals surface area contributed by atoms with E-state index in [1.165, 1.54) is 9.80 Å². The van der Waals surface area contributed by atoms with Gasteiger partial charge in [0.2, 0.25) is 0 Å². The van der Waals surface area contributed by atoms with Crippen LogP contribution in [0.3, 0.4) is 0 Å². The Kier molecular flexibility index (Phi) is 7.87. The standard InChI is InChI=1S/C25H28N2O4/c1-6-18-27(24(30)31-25(3,4)5)22-16-12-20(13-17-22)9-8-19-10-14-21(15-11-19)26(7-2)23(28)29/h1,8-17H,7,18H2,2-5H3,(H,28,29). The number of benzene rings is 2. The van der Waals surface area contributed by atoms with Crippen molar-refractivity contribution in [1.29, 1.82) is 0 Å². The molecule has 0 atom stereocenters. The molecule has 0 aliphatic heterocycles. The number of hydrogen-bond donors (Lipinski definition) is 1. The highest BCUT2D eigenvalue weighted by Gasteiger charge is 2.22. The Morgan fingerprint density at radius 2 is 1.42 bits per heavy atom. The van der Waals surface area contributed by atoms with Gasteiger partial charge in [0.1, 0.15) is 5.60 Å². The van der Waals surface area contributed by atoms with Gasteiger partial charge < -0.3 is 9.84 Å². The number of carboxylic acid groups (broad SMARTS) is 1. The summed E-state index contributed by atoms with van der Waals surface area (Å²) >= 11 is 0. The van der Waals surface area contributed by atoms with Gasteiger partial charge in [-0.3, -0.25) is 9.80 Å². The van der Waals surface area contributed by atoms with Crippen molar-refractivity contribution in [2.45, 2.75) is 33.3 Å². The highest BCUT2D eigenvalue weighted by molar-refractivity contribution is 5.89. The van der Waals surface area contributed by atoms with Crippen molar-refractivity contribution in [2.75, 3.05) is 22.9 Å². The summed E-state index contributed by atoms with van der Waals surface area (Å²) in [5, 5.41) is 9.20. The lowest BCUT2D eigenvalue weighted by Gasteiger charge is -2.26. The lowest BCUT2D eigenvalue weighted by molar-refractivity contribution is 0.0585. The fraction of sp³-hybridized carbons (Fsp3) is 0.280. The van der Waals surface area contributed by atoms with Gasteiger partial charge in [0.15, 0.2) is 0 Å². The molecule has 1 N–H and O–H groups in total. The molecule has 0 bridgehead atoms. The molecule has 2 rings (SSSR count). The molecule has 2 amide bonds. The summed E-state index contributed by atoms with van der Waals surface area (Å²) in [6.07, 6.45) is 7.82. The zero-order valence-electron chi connectivity index (χ0n) is 18.3. The number of rotatable bonds is 6. The number of hydrogen-bond acceptors (Lipinski definition) is 3. The lowest BCUT2D eigenvalue weighted by Crippen LogP contribution is -2.37. The van der Waals surface area contributed by atoms with Gasteiger partial charge in [-0.1, -0.05) is 42.3 Å². The third kappa shape index (κ3) is 6.93. The number of ether oxygens (including phenoxy) is 1. The first-order valence-corrected chi connectivity index (χ1v) is 9.97. The summed E-state index contributed by atoms with van der Waals surface area (Å²) in [6, 6.07) is 14.7. The number of anilines is 2. The number of amides is 2. The van der Waals surface area contributed by atoms with Crippen LogP contribution in [0.2, 0.25) is 0 Å². The molecule has 0 radical (unpaired) electrons. The Labute approximate surface area is 183 Å². The van der Waals surface area contributed by atoms with Gasteiger partial charge in [-0.05, 0) is 63.1 Å². The maximum absolute atomic E-state index is 12.4. The van der Waals surface area contributed by atoms with Crippen LogP contribution in [-0.4, -0.2) is 36.0 Å². The molecule has 2 aromatic carbocycles. The van der Waals surface area contributed by atoms with Crippen LogP contribution >= 0.6 is 0 Å². The average Bonchev–Trinajstić information content (AvgIpc) is 2.71. The van der Waals surface area contributed by atoms with Crippen LogP contribution in [0.5, 0.6) is 0 Å². The molecule has 0 spiro atoms. The van der Waals surface area contributed by atoms with Gasteiger partial charge in [0.05, 0.1) is 6.54 Å². The first-order chi connectivity index (χ1) is 14.6. The second kappa shape index (κ2) is 10.4. The molecule has 0 aliphatic carbocycles. The molecule has 6 nitrogen and oxygen atoms in total. The summed E-state index contributed by atoms with van der Waals surface area (Å²) in [6.45, 7) is 7.71. The molecule has 2 aromatic rings. The molecule has 31 heavy (non-hydrogen) atoms. The van der Waals surface area contributed by atoms with Crippen molar-refractivity contribution in [3.05, 3.63) is 59.7 Å². The molecule has 0 heterocycles. The summed E-state index contributed by atoms with van der Waals surface area (Å²) in [7, 11) is 0. The van der Waals surface area contributed by atoms with Crippen LogP contribution in [0.25, 0.3) is 12.2 Å². The van der Waals surface area contributed by atoms with Crippen molar-refractivity contribution >= 4 is 35.7 Å². The highest BCUT2D eigenvalue weighted by atomic mass is 16.6. The second-order valence-corrected chi connectivity index (χ2v) is 7.81. The topological polar surface area (TPSA) is 70.1 Å². The molecule has 0 unspecified atom stereocenters. The zero-order valence-corrected chi connectivity index (χ0v) is 18.3. The van der Waals surface area contributed by atoms with E-state index in [4.69, 9.17) is 11.2 Å². The minimum absolute atomic E-state index is 0.113. The largest absolute Gasteiger partial charge is 0.465 e. The zero-order chi connectivity index (χ0) is 23.0. The number of nitrogens with zero attached hydrogens (tertiary/aromatic N) is 2. The molecule has 162 valence electrons. The van der Waals surface area contributed by atoms with Crippen LogP contribution in [0.1, 0.15) is 38.8 Å². The van der Waals surface area contributed by atoms with E-state index in [1.54, 1.807) is 39.8 Å². The second-order valence-electron chi connectivity index (χ2n) is 7.81. The Morgan fingerprint density at radius 1 is 0.968 bits per heavy atom. The Bertz CT molecular complexity index is 965. The summed E-state index contributed by atoms with van der Waals surface area (Å²) in [4.78, 5) is 26.4. The molecular formula is C25H28N2O4. The first-order valence-electron chi connectivity index (χ1n) is 9.97. The van der Waals surface area contributed by atoms with Crippen LogP contribution in [0.4, 0.5) is 21.0 Å². The number of carbonyl (C=O) groups excluding carboxylic acids is 1. The maximum Gasteiger partial charge on any atom is 0.415 e. The quantitative estimate of drug-likeness (QED) is 0.478. The van der Waals surface area contributed by atoms with Crippen molar-refractivity contribution in [2.24, 2.45) is 0 Å². The minimum atomic E-state index is -0.976. The molecule has 0 saturated carbocycles. The number of terminal acetylenes is 1. The lowest BCUT2D eigenvalue weighted by atomic mass is 10.1. The summed E-state index contributed by atoms with van der Waals surface area (Å²) in [5.41, 5.74) is 2.56. The maximum atomic E-state index is 12.4.